The number of carbonyl (C=O) groups is 1. The lowest BCUT2D eigenvalue weighted by Gasteiger charge is -1.87. The van der Waals surface area contributed by atoms with Crippen molar-refractivity contribution in [3.8, 4) is 0 Å². The summed E-state index contributed by atoms with van der Waals surface area (Å²) in [7, 11) is 0. The van der Waals surface area contributed by atoms with Gasteiger partial charge in [0.25, 0.3) is 0 Å². The average molecular weight is 150 g/mol. The first-order valence-corrected chi connectivity index (χ1v) is 3.42. The Labute approximate surface area is 56.4 Å². The quantitative estimate of drug-likeness (QED) is 0.319. The molecule has 0 spiro atoms. The van der Waals surface area contributed by atoms with Gasteiger partial charge in [-0.2, -0.15) is 0 Å². The van der Waals surface area contributed by atoms with Crippen LogP contribution in [0.25, 0.3) is 0 Å². The molecule has 0 amide bonds. The third-order valence-corrected chi connectivity index (χ3v) is 1.92. The van der Waals surface area contributed by atoms with E-state index in [0.29, 0.717) is 12.1 Å². The molecule has 1 aliphatic rings. The summed E-state index contributed by atoms with van der Waals surface area (Å²) in [5.74, 6) is 0. The minimum atomic E-state index is -0.0183. The Morgan fingerprint density at radius 3 is 3.00 bits per heavy atom. The summed E-state index contributed by atoms with van der Waals surface area (Å²) >= 11 is 6.83. The van der Waals surface area contributed by atoms with E-state index in [9.17, 15) is 4.79 Å². The number of hydrogen-bond donors (Lipinski definition) is 0. The number of halogens is 1. The first-order valence-electron chi connectivity index (χ1n) is 2.15. The molecule has 0 N–H and O–H groups in total. The second kappa shape index (κ2) is 2.51. The van der Waals surface area contributed by atoms with Gasteiger partial charge in [0, 0.05) is 6.42 Å². The number of alkyl halides is 1. The first kappa shape index (κ1) is 6.11. The van der Waals surface area contributed by atoms with Crippen LogP contribution in [0.3, 0.4) is 0 Å². The standard InChI is InChI=1S/C4H4ClNOS/c5-4-1-3(2-7)6-8-4/h2,4H,1H2. The molecule has 1 aliphatic heterocycles. The highest BCUT2D eigenvalue weighted by Gasteiger charge is 2.15. The van der Waals surface area contributed by atoms with E-state index in [-0.39, 0.29) is 4.71 Å². The highest BCUT2D eigenvalue weighted by molar-refractivity contribution is 8.00. The third kappa shape index (κ3) is 1.23. The van der Waals surface area contributed by atoms with E-state index in [2.05, 4.69) is 4.40 Å². The summed E-state index contributed by atoms with van der Waals surface area (Å²) in [4.78, 5) is 9.95. The van der Waals surface area contributed by atoms with Gasteiger partial charge in [0.15, 0.2) is 6.29 Å². The van der Waals surface area contributed by atoms with Gasteiger partial charge < -0.3 is 0 Å². The number of rotatable bonds is 1. The minimum absolute atomic E-state index is 0.0183. The van der Waals surface area contributed by atoms with Crippen LogP contribution in [0.2, 0.25) is 0 Å². The molecule has 0 aromatic rings. The average Bonchev–Trinajstić information content (AvgIpc) is 2.14. The van der Waals surface area contributed by atoms with Gasteiger partial charge in [-0.1, -0.05) is 0 Å². The molecule has 0 radical (unpaired) electrons. The maximum Gasteiger partial charge on any atom is 0.165 e. The van der Waals surface area contributed by atoms with Crippen molar-refractivity contribution in [2.75, 3.05) is 0 Å². The molecule has 0 aliphatic carbocycles. The smallest absolute Gasteiger partial charge is 0.165 e. The van der Waals surface area contributed by atoms with E-state index in [1.165, 1.54) is 11.9 Å². The Morgan fingerprint density at radius 2 is 2.75 bits per heavy atom. The Hall–Kier alpha value is -0.0200. The fraction of sp³-hybridized carbons (Fsp3) is 0.500. The second-order valence-electron chi connectivity index (χ2n) is 1.42. The van der Waals surface area contributed by atoms with Crippen LogP contribution in [0, 0.1) is 0 Å². The van der Waals surface area contributed by atoms with Crippen LogP contribution in [-0.4, -0.2) is 16.7 Å². The molecule has 0 fully saturated rings. The lowest BCUT2D eigenvalue weighted by atomic mass is 10.3. The van der Waals surface area contributed by atoms with Crippen LogP contribution in [0.15, 0.2) is 4.40 Å². The molecule has 1 unspecified atom stereocenters. The fourth-order valence-corrected chi connectivity index (χ4v) is 1.32. The summed E-state index contributed by atoms with van der Waals surface area (Å²) < 4.78 is 3.75. The summed E-state index contributed by atoms with van der Waals surface area (Å²) in [6.07, 6.45) is 1.35. The maximum atomic E-state index is 9.95. The summed E-state index contributed by atoms with van der Waals surface area (Å²) in [5, 5.41) is 0. The Bertz CT molecular complexity index is 136. The van der Waals surface area contributed by atoms with E-state index >= 15 is 0 Å². The molecule has 0 aromatic heterocycles. The van der Waals surface area contributed by atoms with Crippen molar-refractivity contribution in [1.82, 2.24) is 0 Å². The van der Waals surface area contributed by atoms with Gasteiger partial charge in [-0.05, 0) is 11.9 Å². The third-order valence-electron chi connectivity index (χ3n) is 0.790. The zero-order valence-electron chi connectivity index (χ0n) is 4.00. The number of nitrogens with zero attached hydrogens (tertiary/aromatic N) is 1. The predicted octanol–water partition coefficient (Wildman–Crippen LogP) is 1.24. The molecule has 1 atom stereocenters. The lowest BCUT2D eigenvalue weighted by molar-refractivity contribution is -0.102. The van der Waals surface area contributed by atoms with Gasteiger partial charge in [0.2, 0.25) is 0 Å². The van der Waals surface area contributed by atoms with Crippen LogP contribution in [0.4, 0.5) is 0 Å². The number of aldehydes is 1. The van der Waals surface area contributed by atoms with Crippen molar-refractivity contribution in [1.29, 1.82) is 0 Å². The van der Waals surface area contributed by atoms with Crippen molar-refractivity contribution in [2.24, 2.45) is 4.40 Å². The summed E-state index contributed by atoms with van der Waals surface area (Å²) in [6, 6.07) is 0. The fourth-order valence-electron chi connectivity index (χ4n) is 0.433. The molecule has 1 heterocycles. The highest BCUT2D eigenvalue weighted by Crippen LogP contribution is 2.26. The second-order valence-corrected chi connectivity index (χ2v) is 3.17. The Balaban J connectivity index is 2.49. The molecule has 44 valence electrons. The van der Waals surface area contributed by atoms with Crippen LogP contribution in [-0.2, 0) is 4.79 Å². The van der Waals surface area contributed by atoms with Gasteiger partial charge in [-0.15, -0.1) is 11.6 Å². The summed E-state index contributed by atoms with van der Waals surface area (Å²) in [6.45, 7) is 0. The normalized spacial score (nSPS) is 27.6. The molecule has 4 heteroatoms. The van der Waals surface area contributed by atoms with Crippen LogP contribution >= 0.6 is 23.5 Å². The van der Waals surface area contributed by atoms with Crippen LogP contribution in [0.1, 0.15) is 6.42 Å². The highest BCUT2D eigenvalue weighted by atomic mass is 35.5. The Kier molecular flexibility index (Phi) is 1.91. The van der Waals surface area contributed by atoms with E-state index in [1.54, 1.807) is 0 Å². The first-order chi connectivity index (χ1) is 3.83. The zero-order valence-corrected chi connectivity index (χ0v) is 5.58. The monoisotopic (exact) mass is 149 g/mol. The Morgan fingerprint density at radius 1 is 2.00 bits per heavy atom. The molecule has 2 nitrogen and oxygen atoms in total. The maximum absolute atomic E-state index is 9.95. The largest absolute Gasteiger partial charge is 0.297 e. The van der Waals surface area contributed by atoms with Crippen molar-refractivity contribution in [2.45, 2.75) is 11.1 Å². The van der Waals surface area contributed by atoms with Crippen molar-refractivity contribution in [3.05, 3.63) is 0 Å². The predicted molar refractivity (Wildman–Crippen MR) is 35.3 cm³/mol. The molecule has 0 bridgehead atoms. The molecule has 8 heavy (non-hydrogen) atoms. The van der Waals surface area contributed by atoms with Crippen LogP contribution in [0.5, 0.6) is 0 Å². The van der Waals surface area contributed by atoms with E-state index in [0.717, 1.165) is 6.29 Å². The molecule has 0 saturated carbocycles. The van der Waals surface area contributed by atoms with Gasteiger partial charge in [0.1, 0.15) is 4.71 Å². The molecule has 0 aromatic carbocycles. The van der Waals surface area contributed by atoms with Crippen molar-refractivity contribution >= 4 is 35.5 Å². The zero-order chi connectivity index (χ0) is 5.98. The van der Waals surface area contributed by atoms with E-state index < -0.39 is 0 Å². The van der Waals surface area contributed by atoms with E-state index in [4.69, 9.17) is 11.6 Å². The van der Waals surface area contributed by atoms with Gasteiger partial charge in [-0.3, -0.25) is 4.79 Å². The molecular formula is C4H4ClNOS. The van der Waals surface area contributed by atoms with Crippen LogP contribution < -0.4 is 0 Å². The molecular weight excluding hydrogens is 146 g/mol. The minimum Gasteiger partial charge on any atom is -0.297 e. The van der Waals surface area contributed by atoms with Gasteiger partial charge >= 0.3 is 0 Å². The van der Waals surface area contributed by atoms with Gasteiger partial charge in [-0.25, -0.2) is 4.40 Å². The summed E-state index contributed by atoms with van der Waals surface area (Å²) in [5.41, 5.74) is 0.565. The SMILES string of the molecule is O=CC1=NSC(Cl)C1. The van der Waals surface area contributed by atoms with Gasteiger partial charge in [0.05, 0.1) is 5.71 Å². The lowest BCUT2D eigenvalue weighted by Crippen LogP contribution is -1.97. The van der Waals surface area contributed by atoms with Crippen molar-refractivity contribution < 1.29 is 4.79 Å². The molecule has 1 rings (SSSR count). The number of carbonyl (C=O) groups excluding carboxylic acids is 1. The number of hydrogen-bond acceptors (Lipinski definition) is 3. The molecule has 0 saturated heterocycles. The van der Waals surface area contributed by atoms with Crippen molar-refractivity contribution in [3.63, 3.8) is 0 Å². The topological polar surface area (TPSA) is 29.4 Å². The van der Waals surface area contributed by atoms with E-state index in [1.807, 2.05) is 0 Å².